The highest BCUT2D eigenvalue weighted by Gasteiger charge is 2.47. The molecule has 1 aliphatic rings. The van der Waals surface area contributed by atoms with E-state index in [0.717, 1.165) is 173 Å². The molecule has 0 saturated carbocycles. The number of carbonyl (C=O) groups is 4. The molecule has 0 N–H and O–H groups in total. The van der Waals surface area contributed by atoms with Crippen molar-refractivity contribution in [2.24, 2.45) is 0 Å². The molecular weight excluding hydrogens is 975 g/mol. The quantitative estimate of drug-likeness (QED) is 0.0324. The minimum absolute atomic E-state index is 0.0525. The van der Waals surface area contributed by atoms with Crippen molar-refractivity contribution in [3.63, 3.8) is 0 Å². The largest absolute Gasteiger partial charge is 0.466 e. The normalized spacial score (nSPS) is 16.3. The first-order valence-electron chi connectivity index (χ1n) is 32.5. The second kappa shape index (κ2) is 55.6. The number of esters is 4. The smallest absolute Gasteiger partial charge is 0.307 e. The SMILES string of the molecule is CCCCCCCCC(=O)OCCCCCCCCCOC1[C@H](OCCCCCCCCCOC(=O)CCCCCCCC)O[C@H](COC(=O)CCN(C)C)[C@@H]1OCCCCCCCCCOC(=O)CCCCCCCC. The minimum atomic E-state index is -0.621. The standard InChI is InChI=1S/C64H121NO12/c1-6-9-12-15-27-36-45-58(66)70-50-39-30-21-18-24-33-42-53-73-62-57(56-76-61(69)48-49-65(4)5)77-64(75-55-44-35-26-20-23-32-41-52-72-60(68)47-38-29-17-14-11-8-3)63(62)74-54-43-34-25-19-22-31-40-51-71-59(67)46-37-28-16-13-10-7-2/h57,62-64H,6-56H2,1-5H3/t57-,62+,63?,64-/m1/s1. The minimum Gasteiger partial charge on any atom is -0.466 e. The third-order valence-corrected chi connectivity index (χ3v) is 14.7. The topological polar surface area (TPSA) is 145 Å². The zero-order valence-electron chi connectivity index (χ0n) is 50.7. The van der Waals surface area contributed by atoms with Crippen LogP contribution < -0.4 is 0 Å². The molecule has 454 valence electrons. The Kier molecular flexibility index (Phi) is 52.5. The summed E-state index contributed by atoms with van der Waals surface area (Å²) >= 11 is 0. The lowest BCUT2D eigenvalue weighted by Crippen LogP contribution is -2.40. The van der Waals surface area contributed by atoms with E-state index in [9.17, 15) is 19.2 Å². The van der Waals surface area contributed by atoms with Crippen LogP contribution >= 0.6 is 0 Å². The van der Waals surface area contributed by atoms with Crippen molar-refractivity contribution >= 4 is 23.9 Å². The molecule has 0 aromatic heterocycles. The van der Waals surface area contributed by atoms with Gasteiger partial charge in [0.15, 0.2) is 6.29 Å². The fourth-order valence-corrected chi connectivity index (χ4v) is 9.73. The van der Waals surface area contributed by atoms with E-state index in [0.29, 0.717) is 71.9 Å². The van der Waals surface area contributed by atoms with Crippen molar-refractivity contribution in [3.8, 4) is 0 Å². The lowest BCUT2D eigenvalue weighted by Gasteiger charge is -2.25. The second-order valence-corrected chi connectivity index (χ2v) is 22.5. The Morgan fingerprint density at radius 3 is 0.961 bits per heavy atom. The van der Waals surface area contributed by atoms with Crippen LogP contribution in [0.4, 0.5) is 0 Å². The third-order valence-electron chi connectivity index (χ3n) is 14.7. The van der Waals surface area contributed by atoms with E-state index >= 15 is 0 Å². The summed E-state index contributed by atoms with van der Waals surface area (Å²) in [6, 6.07) is 0. The number of rotatable bonds is 59. The molecule has 0 spiro atoms. The highest BCUT2D eigenvalue weighted by molar-refractivity contribution is 5.70. The first-order valence-corrected chi connectivity index (χ1v) is 32.5. The van der Waals surface area contributed by atoms with Crippen molar-refractivity contribution in [2.45, 2.75) is 321 Å². The van der Waals surface area contributed by atoms with Crippen molar-refractivity contribution in [1.29, 1.82) is 0 Å². The Morgan fingerprint density at radius 2 is 0.610 bits per heavy atom. The second-order valence-electron chi connectivity index (χ2n) is 22.5. The molecule has 0 aliphatic carbocycles. The van der Waals surface area contributed by atoms with Gasteiger partial charge in [0, 0.05) is 45.6 Å². The van der Waals surface area contributed by atoms with Crippen LogP contribution in [0.2, 0.25) is 0 Å². The van der Waals surface area contributed by atoms with Crippen molar-refractivity contribution in [3.05, 3.63) is 0 Å². The van der Waals surface area contributed by atoms with Gasteiger partial charge in [-0.2, -0.15) is 0 Å². The summed E-state index contributed by atoms with van der Waals surface area (Å²) in [7, 11) is 3.88. The van der Waals surface area contributed by atoms with E-state index < -0.39 is 24.6 Å². The van der Waals surface area contributed by atoms with Crippen LogP contribution in [0.15, 0.2) is 0 Å². The van der Waals surface area contributed by atoms with E-state index in [1.165, 1.54) is 77.0 Å². The van der Waals surface area contributed by atoms with Crippen LogP contribution in [0.3, 0.4) is 0 Å². The van der Waals surface area contributed by atoms with Gasteiger partial charge in [-0.15, -0.1) is 0 Å². The van der Waals surface area contributed by atoms with Gasteiger partial charge < -0.3 is 42.8 Å². The van der Waals surface area contributed by atoms with E-state index in [4.69, 9.17) is 37.9 Å². The molecule has 1 heterocycles. The summed E-state index contributed by atoms with van der Waals surface area (Å²) in [5.74, 6) is -0.420. The molecule has 0 aromatic carbocycles. The van der Waals surface area contributed by atoms with E-state index in [1.807, 2.05) is 19.0 Å². The number of unbranched alkanes of at least 4 members (excludes halogenated alkanes) is 33. The van der Waals surface area contributed by atoms with Crippen LogP contribution in [0.25, 0.3) is 0 Å². The Hall–Kier alpha value is -2.32. The van der Waals surface area contributed by atoms with Gasteiger partial charge in [-0.25, -0.2) is 0 Å². The zero-order chi connectivity index (χ0) is 55.9. The summed E-state index contributed by atoms with van der Waals surface area (Å²) in [5, 5.41) is 0. The molecule has 4 atom stereocenters. The van der Waals surface area contributed by atoms with Gasteiger partial charge in [0.1, 0.15) is 24.9 Å². The monoisotopic (exact) mass is 1100 g/mol. The number of carbonyl (C=O) groups excluding carboxylic acids is 4. The van der Waals surface area contributed by atoms with Crippen LogP contribution in [-0.4, -0.2) is 120 Å². The van der Waals surface area contributed by atoms with Gasteiger partial charge in [-0.05, 0) is 71.9 Å². The van der Waals surface area contributed by atoms with Crippen LogP contribution in [0, 0.1) is 0 Å². The summed E-state index contributed by atoms with van der Waals surface area (Å²) in [5.41, 5.74) is 0. The number of hydrogen-bond donors (Lipinski definition) is 0. The summed E-state index contributed by atoms with van der Waals surface area (Å²) < 4.78 is 48.5. The predicted octanol–water partition coefficient (Wildman–Crippen LogP) is 16.1. The predicted molar refractivity (Wildman–Crippen MR) is 312 cm³/mol. The van der Waals surface area contributed by atoms with Gasteiger partial charge in [-0.3, -0.25) is 19.2 Å². The van der Waals surface area contributed by atoms with Gasteiger partial charge in [0.25, 0.3) is 0 Å². The fraction of sp³-hybridized carbons (Fsp3) is 0.938. The molecule has 1 aliphatic heterocycles. The van der Waals surface area contributed by atoms with Gasteiger partial charge in [-0.1, -0.05) is 213 Å². The molecule has 0 bridgehead atoms. The van der Waals surface area contributed by atoms with Gasteiger partial charge in [0.2, 0.25) is 0 Å². The number of nitrogens with zero attached hydrogens (tertiary/aromatic N) is 1. The fourth-order valence-electron chi connectivity index (χ4n) is 9.73. The van der Waals surface area contributed by atoms with E-state index in [2.05, 4.69) is 20.8 Å². The molecule has 0 radical (unpaired) electrons. The Balaban J connectivity index is 2.62. The van der Waals surface area contributed by atoms with Gasteiger partial charge >= 0.3 is 23.9 Å². The highest BCUT2D eigenvalue weighted by Crippen LogP contribution is 2.30. The first kappa shape index (κ1) is 72.7. The summed E-state index contributed by atoms with van der Waals surface area (Å²) in [6.45, 7) is 10.6. The number of hydrogen-bond acceptors (Lipinski definition) is 13. The Bertz CT molecular complexity index is 1330. The highest BCUT2D eigenvalue weighted by atomic mass is 16.7. The third kappa shape index (κ3) is 47.1. The van der Waals surface area contributed by atoms with E-state index in [1.54, 1.807) is 0 Å². The summed E-state index contributed by atoms with van der Waals surface area (Å²) in [4.78, 5) is 51.0. The van der Waals surface area contributed by atoms with Crippen LogP contribution in [-0.2, 0) is 57.1 Å². The molecule has 77 heavy (non-hydrogen) atoms. The maximum atomic E-state index is 12.8. The maximum absolute atomic E-state index is 12.8. The first-order chi connectivity index (χ1) is 37.7. The average Bonchev–Trinajstić information content (AvgIpc) is 3.76. The molecule has 0 amide bonds. The van der Waals surface area contributed by atoms with Gasteiger partial charge in [0.05, 0.1) is 26.2 Å². The molecular formula is C64H121NO12. The van der Waals surface area contributed by atoms with Crippen molar-refractivity contribution in [1.82, 2.24) is 4.90 Å². The molecule has 0 aromatic rings. The lowest BCUT2D eigenvalue weighted by atomic mass is 10.1. The van der Waals surface area contributed by atoms with E-state index in [-0.39, 0.29) is 30.5 Å². The molecule has 1 saturated heterocycles. The van der Waals surface area contributed by atoms with Crippen molar-refractivity contribution in [2.75, 3.05) is 66.9 Å². The van der Waals surface area contributed by atoms with Crippen molar-refractivity contribution < 1.29 is 57.1 Å². The average molecular weight is 1100 g/mol. The Morgan fingerprint density at radius 1 is 0.325 bits per heavy atom. The maximum Gasteiger partial charge on any atom is 0.307 e. The lowest BCUT2D eigenvalue weighted by molar-refractivity contribution is -0.184. The molecule has 13 nitrogen and oxygen atoms in total. The molecule has 13 heteroatoms. The Labute approximate surface area is 472 Å². The molecule has 1 unspecified atom stereocenters. The number of ether oxygens (including phenoxy) is 8. The zero-order valence-corrected chi connectivity index (χ0v) is 50.7. The van der Waals surface area contributed by atoms with Crippen LogP contribution in [0.5, 0.6) is 0 Å². The van der Waals surface area contributed by atoms with Crippen LogP contribution in [0.1, 0.15) is 297 Å². The molecule has 1 fully saturated rings. The molecule has 1 rings (SSSR count). The summed E-state index contributed by atoms with van der Waals surface area (Å²) in [6.07, 6.45) is 43.0.